The van der Waals surface area contributed by atoms with Crippen LogP contribution < -0.4 is 4.74 Å². The lowest BCUT2D eigenvalue weighted by atomic mass is 9.69. The highest BCUT2D eigenvalue weighted by Crippen LogP contribution is 2.42. The molecule has 0 saturated heterocycles. The Balaban J connectivity index is 1.85. The van der Waals surface area contributed by atoms with Crippen molar-refractivity contribution in [2.75, 3.05) is 0 Å². The first-order valence-corrected chi connectivity index (χ1v) is 9.84. The number of carbonyl (C=O) groups is 1. The maximum Gasteiger partial charge on any atom is 0.314 e. The fourth-order valence-electron chi connectivity index (χ4n) is 3.64. The number of hydrogen-bond acceptors (Lipinski definition) is 3. The molecule has 1 aliphatic carbocycles. The first kappa shape index (κ1) is 19.5. The van der Waals surface area contributed by atoms with E-state index in [-0.39, 0.29) is 17.3 Å². The van der Waals surface area contributed by atoms with Crippen molar-refractivity contribution < 1.29 is 9.53 Å². The summed E-state index contributed by atoms with van der Waals surface area (Å²) in [6.45, 7) is 4.34. The summed E-state index contributed by atoms with van der Waals surface area (Å²) in [6.07, 6.45) is 9.77. The fourth-order valence-corrected chi connectivity index (χ4v) is 3.64. The van der Waals surface area contributed by atoms with E-state index < -0.39 is 0 Å². The molecule has 3 nitrogen and oxygen atoms in total. The average Bonchev–Trinajstić information content (AvgIpc) is 2.66. The lowest BCUT2D eigenvalue weighted by molar-refractivity contribution is -0.140. The van der Waals surface area contributed by atoms with Crippen molar-refractivity contribution in [2.24, 2.45) is 11.3 Å². The Morgan fingerprint density at radius 1 is 1.16 bits per heavy atom. The van der Waals surface area contributed by atoms with E-state index in [1.54, 1.807) is 0 Å². The van der Waals surface area contributed by atoms with Crippen LogP contribution in [0.15, 0.2) is 24.3 Å². The van der Waals surface area contributed by atoms with Crippen molar-refractivity contribution >= 4 is 5.97 Å². The summed E-state index contributed by atoms with van der Waals surface area (Å²) in [5, 5.41) is 9.55. The Bertz CT molecular complexity index is 577. The summed E-state index contributed by atoms with van der Waals surface area (Å²) in [6, 6.07) is 10.4. The van der Waals surface area contributed by atoms with E-state index in [1.165, 1.54) is 18.4 Å². The molecule has 1 aromatic rings. The lowest BCUT2D eigenvalue weighted by Gasteiger charge is -2.34. The van der Waals surface area contributed by atoms with Crippen LogP contribution >= 0.6 is 0 Å². The molecule has 1 aliphatic rings. The molecule has 0 radical (unpaired) electrons. The van der Waals surface area contributed by atoms with Gasteiger partial charge in [0.1, 0.15) is 5.75 Å². The van der Waals surface area contributed by atoms with Crippen LogP contribution in [0.4, 0.5) is 0 Å². The molecular formula is C22H31NO2. The topological polar surface area (TPSA) is 50.1 Å². The number of rotatable bonds is 8. The van der Waals surface area contributed by atoms with Crippen molar-refractivity contribution in [2.45, 2.75) is 78.1 Å². The number of hydrogen-bond donors (Lipinski definition) is 0. The van der Waals surface area contributed by atoms with Gasteiger partial charge >= 0.3 is 5.97 Å². The van der Waals surface area contributed by atoms with Gasteiger partial charge in [0, 0.05) is 0 Å². The Morgan fingerprint density at radius 3 is 2.36 bits per heavy atom. The number of carbonyl (C=O) groups excluding carboxylic acids is 1. The summed E-state index contributed by atoms with van der Waals surface area (Å²) >= 11 is 0. The predicted molar refractivity (Wildman–Crippen MR) is 100 cm³/mol. The number of unbranched alkanes of at least 4 members (excludes halogenated alkanes) is 2. The lowest BCUT2D eigenvalue weighted by Crippen LogP contribution is -2.31. The minimum Gasteiger partial charge on any atom is -0.426 e. The SMILES string of the molecule is CCCCc1ccc(OC(=O)[C@H]2CC[C@](C#N)(CCCC)CC2)cc1. The Labute approximate surface area is 152 Å². The van der Waals surface area contributed by atoms with Crippen molar-refractivity contribution in [3.63, 3.8) is 0 Å². The second-order valence-electron chi connectivity index (χ2n) is 7.44. The van der Waals surface area contributed by atoms with Crippen LogP contribution in [-0.2, 0) is 11.2 Å². The minimum atomic E-state index is -0.215. The first-order valence-electron chi connectivity index (χ1n) is 9.84. The third-order valence-corrected chi connectivity index (χ3v) is 5.48. The highest BCUT2D eigenvalue weighted by molar-refractivity contribution is 5.75. The second-order valence-corrected chi connectivity index (χ2v) is 7.44. The van der Waals surface area contributed by atoms with Gasteiger partial charge in [0.2, 0.25) is 0 Å². The Hall–Kier alpha value is -1.82. The number of nitrogens with zero attached hydrogens (tertiary/aromatic N) is 1. The van der Waals surface area contributed by atoms with E-state index in [0.29, 0.717) is 5.75 Å². The van der Waals surface area contributed by atoms with Gasteiger partial charge in [-0.2, -0.15) is 5.26 Å². The van der Waals surface area contributed by atoms with Crippen LogP contribution in [0.1, 0.15) is 77.2 Å². The van der Waals surface area contributed by atoms with E-state index in [0.717, 1.165) is 51.4 Å². The summed E-state index contributed by atoms with van der Waals surface area (Å²) in [5.41, 5.74) is 1.07. The Kier molecular flexibility index (Phi) is 7.50. The smallest absolute Gasteiger partial charge is 0.314 e. The zero-order valence-corrected chi connectivity index (χ0v) is 15.7. The molecule has 1 fully saturated rings. The summed E-state index contributed by atoms with van der Waals surface area (Å²) in [4.78, 5) is 12.4. The van der Waals surface area contributed by atoms with Crippen molar-refractivity contribution in [3.05, 3.63) is 29.8 Å². The van der Waals surface area contributed by atoms with Gasteiger partial charge in [0.15, 0.2) is 0 Å². The molecule has 0 N–H and O–H groups in total. The average molecular weight is 341 g/mol. The van der Waals surface area contributed by atoms with E-state index in [9.17, 15) is 10.1 Å². The quantitative estimate of drug-likeness (QED) is 0.442. The molecule has 2 rings (SSSR count). The van der Waals surface area contributed by atoms with E-state index in [4.69, 9.17) is 4.74 Å². The largest absolute Gasteiger partial charge is 0.426 e. The third kappa shape index (κ3) is 5.59. The van der Waals surface area contributed by atoms with Gasteiger partial charge < -0.3 is 4.74 Å². The van der Waals surface area contributed by atoms with E-state index in [2.05, 4.69) is 19.9 Å². The fraction of sp³-hybridized carbons (Fsp3) is 0.636. The normalized spacial score (nSPS) is 23.0. The molecule has 0 spiro atoms. The molecule has 0 amide bonds. The van der Waals surface area contributed by atoms with Gasteiger partial charge in [0.05, 0.1) is 17.4 Å². The third-order valence-electron chi connectivity index (χ3n) is 5.48. The van der Waals surface area contributed by atoms with Crippen molar-refractivity contribution in [3.8, 4) is 11.8 Å². The van der Waals surface area contributed by atoms with Crippen LogP contribution in [0.25, 0.3) is 0 Å². The zero-order chi connectivity index (χ0) is 18.1. The molecule has 0 atom stereocenters. The number of benzene rings is 1. The molecule has 0 aliphatic heterocycles. The van der Waals surface area contributed by atoms with Gasteiger partial charge in [-0.15, -0.1) is 0 Å². The highest BCUT2D eigenvalue weighted by Gasteiger charge is 2.37. The van der Waals surface area contributed by atoms with Crippen LogP contribution in [0.2, 0.25) is 0 Å². The highest BCUT2D eigenvalue weighted by atomic mass is 16.5. The monoisotopic (exact) mass is 341 g/mol. The van der Waals surface area contributed by atoms with Gasteiger partial charge in [-0.3, -0.25) is 4.79 Å². The van der Waals surface area contributed by atoms with Gasteiger partial charge in [-0.25, -0.2) is 0 Å². The Morgan fingerprint density at radius 2 is 1.80 bits per heavy atom. The molecule has 3 heteroatoms. The molecule has 0 bridgehead atoms. The molecular weight excluding hydrogens is 310 g/mol. The van der Waals surface area contributed by atoms with Gasteiger partial charge in [-0.1, -0.05) is 45.2 Å². The number of nitriles is 1. The van der Waals surface area contributed by atoms with Crippen LogP contribution in [0.5, 0.6) is 5.75 Å². The predicted octanol–water partition coefficient (Wildman–Crippen LogP) is 5.82. The second kappa shape index (κ2) is 9.61. The number of aryl methyl sites for hydroxylation is 1. The first-order chi connectivity index (χ1) is 12.1. The standard InChI is InChI=1S/C22H31NO2/c1-3-5-7-18-8-10-20(11-9-18)25-21(24)19-12-15-22(17-23,16-13-19)14-6-4-2/h8-11,19H,3-7,12-16H2,1-2H3/t19-,22+. The summed E-state index contributed by atoms with van der Waals surface area (Å²) in [7, 11) is 0. The van der Waals surface area contributed by atoms with Crippen molar-refractivity contribution in [1.82, 2.24) is 0 Å². The summed E-state index contributed by atoms with van der Waals surface area (Å²) < 4.78 is 5.57. The summed E-state index contributed by atoms with van der Waals surface area (Å²) in [5.74, 6) is 0.430. The molecule has 0 aromatic heterocycles. The number of ether oxygens (including phenoxy) is 1. The zero-order valence-electron chi connectivity index (χ0n) is 15.7. The maximum atomic E-state index is 12.4. The van der Waals surface area contributed by atoms with E-state index >= 15 is 0 Å². The molecule has 136 valence electrons. The molecule has 0 unspecified atom stereocenters. The molecule has 0 heterocycles. The van der Waals surface area contributed by atoms with Crippen LogP contribution in [-0.4, -0.2) is 5.97 Å². The maximum absolute atomic E-state index is 12.4. The van der Waals surface area contributed by atoms with Gasteiger partial charge in [0.25, 0.3) is 0 Å². The van der Waals surface area contributed by atoms with Crippen LogP contribution in [0, 0.1) is 22.7 Å². The molecule has 1 saturated carbocycles. The van der Waals surface area contributed by atoms with Gasteiger partial charge in [-0.05, 0) is 62.6 Å². The van der Waals surface area contributed by atoms with Crippen LogP contribution in [0.3, 0.4) is 0 Å². The molecule has 1 aromatic carbocycles. The number of esters is 1. The van der Waals surface area contributed by atoms with E-state index in [1.807, 2.05) is 24.3 Å². The van der Waals surface area contributed by atoms with Crippen molar-refractivity contribution in [1.29, 1.82) is 5.26 Å². The minimum absolute atomic E-state index is 0.0668. The molecule has 25 heavy (non-hydrogen) atoms.